The first kappa shape index (κ1) is 21.2. The average Bonchev–Trinajstić information content (AvgIpc) is 2.98. The van der Waals surface area contributed by atoms with Crippen LogP contribution in [0.3, 0.4) is 0 Å². The minimum Gasteiger partial charge on any atom is -0.507 e. The van der Waals surface area contributed by atoms with Crippen molar-refractivity contribution in [1.29, 1.82) is 0 Å². The van der Waals surface area contributed by atoms with E-state index in [1.807, 2.05) is 14.1 Å². The number of ketones is 1. The second kappa shape index (κ2) is 8.87. The third-order valence-electron chi connectivity index (χ3n) is 5.06. The number of nitrogens with one attached hydrogen (secondary N) is 1. The van der Waals surface area contributed by atoms with Crippen molar-refractivity contribution in [3.63, 3.8) is 0 Å². The summed E-state index contributed by atoms with van der Waals surface area (Å²) in [6, 6.07) is 13.4. The van der Waals surface area contributed by atoms with E-state index in [0.29, 0.717) is 24.1 Å². The van der Waals surface area contributed by atoms with Crippen LogP contribution in [0.15, 0.2) is 60.2 Å². The first-order chi connectivity index (χ1) is 14.3. The summed E-state index contributed by atoms with van der Waals surface area (Å²) in [5.74, 6) is -1.78. The molecule has 2 aromatic carbocycles. The monoisotopic (exact) mass is 410 g/mol. The van der Waals surface area contributed by atoms with Crippen molar-refractivity contribution in [2.24, 2.45) is 0 Å². The number of aliphatic hydroxyl groups is 1. The van der Waals surface area contributed by atoms with Crippen molar-refractivity contribution in [3.8, 4) is 0 Å². The molecule has 1 heterocycles. The van der Waals surface area contributed by atoms with Crippen LogP contribution in [0.4, 0.5) is 5.69 Å². The molecule has 156 valence electrons. The molecule has 0 aromatic heterocycles. The Morgan fingerprint density at radius 2 is 1.83 bits per heavy atom. The van der Waals surface area contributed by atoms with Crippen molar-refractivity contribution in [2.75, 3.05) is 27.2 Å². The van der Waals surface area contributed by atoms with Gasteiger partial charge in [-0.3, -0.25) is 19.7 Å². The number of rotatable bonds is 7. The van der Waals surface area contributed by atoms with Gasteiger partial charge in [-0.1, -0.05) is 42.5 Å². The van der Waals surface area contributed by atoms with Gasteiger partial charge in [-0.15, -0.1) is 0 Å². The summed E-state index contributed by atoms with van der Waals surface area (Å²) in [5.41, 5.74) is 0.626. The van der Waals surface area contributed by atoms with Gasteiger partial charge in [-0.25, -0.2) is 0 Å². The fraction of sp³-hybridized carbons (Fsp3) is 0.273. The Labute approximate surface area is 174 Å². The van der Waals surface area contributed by atoms with Crippen molar-refractivity contribution in [3.05, 3.63) is 81.4 Å². The van der Waals surface area contributed by atoms with Crippen LogP contribution in [0, 0.1) is 10.1 Å². The zero-order valence-electron chi connectivity index (χ0n) is 16.9. The molecule has 8 nitrogen and oxygen atoms in total. The summed E-state index contributed by atoms with van der Waals surface area (Å²) >= 11 is 0. The van der Waals surface area contributed by atoms with Crippen LogP contribution in [0.1, 0.15) is 23.6 Å². The number of non-ortho nitro benzene ring substituents is 1. The Bertz CT molecular complexity index is 1000. The van der Waals surface area contributed by atoms with E-state index >= 15 is 0 Å². The zero-order valence-corrected chi connectivity index (χ0v) is 16.9. The van der Waals surface area contributed by atoms with Crippen molar-refractivity contribution < 1.29 is 24.5 Å². The van der Waals surface area contributed by atoms with Gasteiger partial charge in [0.05, 0.1) is 37.2 Å². The minimum absolute atomic E-state index is 0.0519. The molecule has 2 N–H and O–H groups in total. The molecule has 0 saturated carbocycles. The van der Waals surface area contributed by atoms with E-state index in [1.165, 1.54) is 28.0 Å². The standard InChI is InChI=1S/C22H23N3O5/c1-23(2)12-7-13-24-19(16-10-6-11-17(14-16)25(29)30)18(21(27)22(24)28)20(26)15-8-4-3-5-9-15/h3-6,8-11,14,19,26H,7,12-13H2,1-2H3/p+1/t19-/m0/s1. The molecule has 0 radical (unpaired) electrons. The smallest absolute Gasteiger partial charge is 0.295 e. The number of carbonyl (C=O) groups is 2. The number of aliphatic hydroxyl groups excluding tert-OH is 1. The summed E-state index contributed by atoms with van der Waals surface area (Å²) < 4.78 is 0. The molecule has 8 heteroatoms. The molecule has 0 bridgehead atoms. The molecule has 30 heavy (non-hydrogen) atoms. The molecular formula is C22H24N3O5+. The van der Waals surface area contributed by atoms with Crippen molar-refractivity contribution in [1.82, 2.24) is 4.90 Å². The van der Waals surface area contributed by atoms with Crippen LogP contribution in [0.2, 0.25) is 0 Å². The quantitative estimate of drug-likeness (QED) is 0.237. The van der Waals surface area contributed by atoms with Crippen LogP contribution in [0.25, 0.3) is 5.76 Å². The lowest BCUT2D eigenvalue weighted by Crippen LogP contribution is -3.05. The summed E-state index contributed by atoms with van der Waals surface area (Å²) in [4.78, 5) is 39.0. The Morgan fingerprint density at radius 3 is 2.47 bits per heavy atom. The van der Waals surface area contributed by atoms with Gasteiger partial charge in [-0.05, 0) is 5.56 Å². The van der Waals surface area contributed by atoms with Crippen LogP contribution in [0.5, 0.6) is 0 Å². The second-order valence-corrected chi connectivity index (χ2v) is 7.52. The first-order valence-electron chi connectivity index (χ1n) is 9.68. The number of likely N-dealkylation sites (tertiary alicyclic amines) is 1. The lowest BCUT2D eigenvalue weighted by molar-refractivity contribution is -0.858. The number of amides is 1. The number of hydrogen-bond acceptors (Lipinski definition) is 5. The number of nitro benzene ring substituents is 1. The molecule has 0 spiro atoms. The van der Waals surface area contributed by atoms with E-state index in [-0.39, 0.29) is 17.0 Å². The molecule has 1 saturated heterocycles. The van der Waals surface area contributed by atoms with E-state index in [0.717, 1.165) is 6.54 Å². The molecule has 2 aromatic rings. The summed E-state index contributed by atoms with van der Waals surface area (Å²) in [6.45, 7) is 1.08. The van der Waals surface area contributed by atoms with Crippen molar-refractivity contribution >= 4 is 23.1 Å². The van der Waals surface area contributed by atoms with E-state index in [1.54, 1.807) is 36.4 Å². The maximum atomic E-state index is 12.9. The number of quaternary nitrogens is 1. The number of Topliss-reactive ketones (excluding diaryl/α,β-unsaturated/α-hetero) is 1. The van der Waals surface area contributed by atoms with Gasteiger partial charge < -0.3 is 14.9 Å². The molecule has 0 aliphatic carbocycles. The number of hydrogen-bond donors (Lipinski definition) is 2. The lowest BCUT2D eigenvalue weighted by Gasteiger charge is -2.25. The molecule has 3 rings (SSSR count). The fourth-order valence-electron chi connectivity index (χ4n) is 3.62. The average molecular weight is 410 g/mol. The first-order valence-corrected chi connectivity index (χ1v) is 9.68. The highest BCUT2D eigenvalue weighted by Crippen LogP contribution is 2.40. The number of carbonyl (C=O) groups excluding carboxylic acids is 2. The number of nitro groups is 1. The maximum Gasteiger partial charge on any atom is 0.295 e. The number of nitrogens with zero attached hydrogens (tertiary/aromatic N) is 2. The Hall–Kier alpha value is -3.52. The van der Waals surface area contributed by atoms with Crippen LogP contribution >= 0.6 is 0 Å². The van der Waals surface area contributed by atoms with Crippen molar-refractivity contribution in [2.45, 2.75) is 12.5 Å². The Morgan fingerprint density at radius 1 is 1.13 bits per heavy atom. The highest BCUT2D eigenvalue weighted by atomic mass is 16.6. The Balaban J connectivity index is 2.12. The molecular weight excluding hydrogens is 386 g/mol. The van der Waals surface area contributed by atoms with Gasteiger partial charge in [0.1, 0.15) is 5.76 Å². The van der Waals surface area contributed by atoms with E-state index < -0.39 is 22.7 Å². The fourth-order valence-corrected chi connectivity index (χ4v) is 3.62. The van der Waals surface area contributed by atoms with Gasteiger partial charge in [-0.2, -0.15) is 0 Å². The van der Waals surface area contributed by atoms with Gasteiger partial charge >= 0.3 is 0 Å². The molecule has 1 amide bonds. The van der Waals surface area contributed by atoms with Gasteiger partial charge in [0.15, 0.2) is 0 Å². The molecule has 1 aliphatic heterocycles. The number of benzene rings is 2. The van der Waals surface area contributed by atoms with E-state index in [9.17, 15) is 24.8 Å². The normalized spacial score (nSPS) is 18.2. The lowest BCUT2D eigenvalue weighted by atomic mass is 9.95. The third kappa shape index (κ3) is 4.23. The second-order valence-electron chi connectivity index (χ2n) is 7.52. The minimum atomic E-state index is -0.887. The summed E-state index contributed by atoms with van der Waals surface area (Å²) in [5, 5.41) is 22.1. The largest absolute Gasteiger partial charge is 0.507 e. The zero-order chi connectivity index (χ0) is 21.8. The van der Waals surface area contributed by atoms with Crippen LogP contribution < -0.4 is 4.90 Å². The van der Waals surface area contributed by atoms with Gasteiger partial charge in [0, 0.05) is 30.7 Å². The predicted molar refractivity (Wildman–Crippen MR) is 111 cm³/mol. The van der Waals surface area contributed by atoms with Gasteiger partial charge in [0.25, 0.3) is 17.4 Å². The molecule has 1 fully saturated rings. The highest BCUT2D eigenvalue weighted by molar-refractivity contribution is 6.46. The molecule has 0 unspecified atom stereocenters. The summed E-state index contributed by atoms with van der Waals surface area (Å²) in [6.07, 6.45) is 0.645. The SMILES string of the molecule is C[NH+](C)CCCN1C(=O)C(=O)C(=C(O)c2ccccc2)[C@@H]1c1cccc([N+](=O)[O-])c1. The Kier molecular flexibility index (Phi) is 6.27. The van der Waals surface area contributed by atoms with Crippen LogP contribution in [-0.4, -0.2) is 53.8 Å². The maximum absolute atomic E-state index is 12.9. The third-order valence-corrected chi connectivity index (χ3v) is 5.06. The van der Waals surface area contributed by atoms with E-state index in [4.69, 9.17) is 0 Å². The summed E-state index contributed by atoms with van der Waals surface area (Å²) in [7, 11) is 3.98. The predicted octanol–water partition coefficient (Wildman–Crippen LogP) is 1.55. The molecule has 1 atom stereocenters. The molecule has 1 aliphatic rings. The highest BCUT2D eigenvalue weighted by Gasteiger charge is 2.46. The topological polar surface area (TPSA) is 105 Å². The van der Waals surface area contributed by atoms with Crippen LogP contribution in [-0.2, 0) is 9.59 Å². The van der Waals surface area contributed by atoms with Gasteiger partial charge in [0.2, 0.25) is 0 Å². The van der Waals surface area contributed by atoms with E-state index in [2.05, 4.69) is 0 Å².